The van der Waals surface area contributed by atoms with Gasteiger partial charge in [0.25, 0.3) is 0 Å². The normalized spacial score (nSPS) is 12.2. The van der Waals surface area contributed by atoms with E-state index < -0.39 is 0 Å². The molecule has 0 N–H and O–H groups in total. The largest absolute Gasteiger partial charge is 0.259 e. The first-order valence-electron chi connectivity index (χ1n) is 4.00. The summed E-state index contributed by atoms with van der Waals surface area (Å²) in [5.74, 6) is 0. The van der Waals surface area contributed by atoms with Gasteiger partial charge in [-0.15, -0.1) is 0 Å². The van der Waals surface area contributed by atoms with Crippen LogP contribution in [0, 0.1) is 10.1 Å². The monoisotopic (exact) mass is 177 g/mol. The Bertz CT molecular complexity index is 341. The third kappa shape index (κ3) is 2.15. The molecule has 0 aliphatic rings. The van der Waals surface area contributed by atoms with E-state index in [1.165, 1.54) is 6.92 Å². The van der Waals surface area contributed by atoms with Crippen LogP contribution in [0.4, 0.5) is 0 Å². The molecule has 1 rings (SSSR count). The maximum atomic E-state index is 10.5. The van der Waals surface area contributed by atoms with Gasteiger partial charge in [-0.2, -0.15) is 0 Å². The number of nitrogens with zero attached hydrogens (tertiary/aromatic N) is 1. The maximum absolute atomic E-state index is 10.5. The van der Waals surface area contributed by atoms with Crippen LogP contribution in [0.15, 0.2) is 36.0 Å². The summed E-state index contributed by atoms with van der Waals surface area (Å²) in [6.07, 6.45) is 0. The van der Waals surface area contributed by atoms with Crippen molar-refractivity contribution in [2.24, 2.45) is 0 Å². The van der Waals surface area contributed by atoms with Crippen LogP contribution in [0.3, 0.4) is 0 Å². The molecular formula is C10H11NO2. The van der Waals surface area contributed by atoms with E-state index in [2.05, 4.69) is 0 Å². The molecule has 0 saturated carbocycles. The molecular weight excluding hydrogens is 166 g/mol. The number of allylic oxidation sites excluding steroid dienone is 2. The Balaban J connectivity index is 3.11. The van der Waals surface area contributed by atoms with Crippen molar-refractivity contribution in [2.75, 3.05) is 0 Å². The number of benzene rings is 1. The number of hydrogen-bond donors (Lipinski definition) is 0. The molecule has 0 atom stereocenters. The molecule has 3 nitrogen and oxygen atoms in total. The Morgan fingerprint density at radius 3 is 2.23 bits per heavy atom. The molecule has 0 aromatic heterocycles. The molecule has 0 aliphatic heterocycles. The van der Waals surface area contributed by atoms with Crippen LogP contribution in [0.5, 0.6) is 0 Å². The lowest BCUT2D eigenvalue weighted by molar-refractivity contribution is -0.423. The molecule has 0 radical (unpaired) electrons. The van der Waals surface area contributed by atoms with Gasteiger partial charge >= 0.3 is 0 Å². The summed E-state index contributed by atoms with van der Waals surface area (Å²) in [5, 5.41) is 10.5. The summed E-state index contributed by atoms with van der Waals surface area (Å²) < 4.78 is 0. The molecule has 0 aliphatic carbocycles. The minimum absolute atomic E-state index is 0.200. The summed E-state index contributed by atoms with van der Waals surface area (Å²) in [6, 6.07) is 9.35. The summed E-state index contributed by atoms with van der Waals surface area (Å²) in [7, 11) is 0. The summed E-state index contributed by atoms with van der Waals surface area (Å²) in [6.45, 7) is 3.27. The third-order valence-electron chi connectivity index (χ3n) is 2.02. The second-order valence-electron chi connectivity index (χ2n) is 2.83. The highest BCUT2D eigenvalue weighted by Gasteiger charge is 2.08. The zero-order valence-electron chi connectivity index (χ0n) is 7.65. The van der Waals surface area contributed by atoms with E-state index in [9.17, 15) is 10.1 Å². The van der Waals surface area contributed by atoms with Crippen LogP contribution < -0.4 is 0 Å². The predicted octanol–water partition coefficient (Wildman–Crippen LogP) is 2.71. The van der Waals surface area contributed by atoms with Gasteiger partial charge in [-0.05, 0) is 12.5 Å². The summed E-state index contributed by atoms with van der Waals surface area (Å²) in [4.78, 5) is 10.1. The van der Waals surface area contributed by atoms with Crippen LogP contribution in [0.1, 0.15) is 19.4 Å². The van der Waals surface area contributed by atoms with E-state index in [1.807, 2.05) is 30.3 Å². The van der Waals surface area contributed by atoms with Gasteiger partial charge in [-0.1, -0.05) is 30.3 Å². The number of nitro groups is 1. The number of rotatable bonds is 2. The van der Waals surface area contributed by atoms with Gasteiger partial charge in [0.05, 0.1) is 4.92 Å². The van der Waals surface area contributed by atoms with E-state index in [0.717, 1.165) is 5.56 Å². The molecule has 0 heterocycles. The highest BCUT2D eigenvalue weighted by molar-refractivity contribution is 5.64. The lowest BCUT2D eigenvalue weighted by atomic mass is 10.1. The highest BCUT2D eigenvalue weighted by Crippen LogP contribution is 2.17. The Morgan fingerprint density at radius 1 is 1.23 bits per heavy atom. The van der Waals surface area contributed by atoms with Gasteiger partial charge in [-0.3, -0.25) is 10.1 Å². The van der Waals surface area contributed by atoms with E-state index in [0.29, 0.717) is 5.57 Å². The quantitative estimate of drug-likeness (QED) is 0.515. The molecule has 3 heteroatoms. The second-order valence-corrected chi connectivity index (χ2v) is 2.83. The minimum atomic E-state index is -0.359. The van der Waals surface area contributed by atoms with Crippen LogP contribution in [0.25, 0.3) is 5.57 Å². The van der Waals surface area contributed by atoms with Crippen LogP contribution in [-0.4, -0.2) is 4.92 Å². The Morgan fingerprint density at radius 2 is 1.77 bits per heavy atom. The van der Waals surface area contributed by atoms with Crippen molar-refractivity contribution >= 4 is 5.57 Å². The fraction of sp³-hybridized carbons (Fsp3) is 0.200. The smallest absolute Gasteiger partial charge is 0.246 e. The molecule has 0 saturated heterocycles. The fourth-order valence-corrected chi connectivity index (χ4v) is 1.03. The molecule has 0 unspecified atom stereocenters. The van der Waals surface area contributed by atoms with Crippen molar-refractivity contribution in [3.8, 4) is 0 Å². The topological polar surface area (TPSA) is 43.1 Å². The average Bonchev–Trinajstić information content (AvgIpc) is 2.17. The predicted molar refractivity (Wildman–Crippen MR) is 51.7 cm³/mol. The molecule has 1 aromatic carbocycles. The van der Waals surface area contributed by atoms with Crippen molar-refractivity contribution in [3.05, 3.63) is 51.7 Å². The molecule has 68 valence electrons. The SMILES string of the molecule is C/C(=C(\C)[N+](=O)[O-])c1ccccc1. The zero-order chi connectivity index (χ0) is 9.84. The minimum Gasteiger partial charge on any atom is -0.259 e. The van der Waals surface area contributed by atoms with Crippen LogP contribution >= 0.6 is 0 Å². The van der Waals surface area contributed by atoms with Gasteiger partial charge in [0.1, 0.15) is 0 Å². The Labute approximate surface area is 76.9 Å². The Kier molecular flexibility index (Phi) is 2.80. The van der Waals surface area contributed by atoms with E-state index >= 15 is 0 Å². The zero-order valence-corrected chi connectivity index (χ0v) is 7.65. The first kappa shape index (κ1) is 9.45. The molecule has 0 bridgehead atoms. The second kappa shape index (κ2) is 3.85. The number of hydrogen-bond acceptors (Lipinski definition) is 2. The van der Waals surface area contributed by atoms with Gasteiger partial charge in [0.15, 0.2) is 0 Å². The highest BCUT2D eigenvalue weighted by atomic mass is 16.6. The fourth-order valence-electron chi connectivity index (χ4n) is 1.03. The standard InChI is InChI=1S/C10H11NO2/c1-8(9(2)11(12)13)10-6-4-3-5-7-10/h3-7H,1-2H3/b9-8-. The average molecular weight is 177 g/mol. The van der Waals surface area contributed by atoms with E-state index in [-0.39, 0.29) is 10.6 Å². The van der Waals surface area contributed by atoms with Crippen molar-refractivity contribution in [2.45, 2.75) is 13.8 Å². The van der Waals surface area contributed by atoms with E-state index in [4.69, 9.17) is 0 Å². The van der Waals surface area contributed by atoms with Gasteiger partial charge < -0.3 is 0 Å². The molecule has 0 amide bonds. The third-order valence-corrected chi connectivity index (χ3v) is 2.02. The molecule has 13 heavy (non-hydrogen) atoms. The molecule has 1 aromatic rings. The van der Waals surface area contributed by atoms with Crippen molar-refractivity contribution < 1.29 is 4.92 Å². The maximum Gasteiger partial charge on any atom is 0.246 e. The molecule has 0 spiro atoms. The van der Waals surface area contributed by atoms with Crippen LogP contribution in [0.2, 0.25) is 0 Å². The van der Waals surface area contributed by atoms with Gasteiger partial charge in [0.2, 0.25) is 5.70 Å². The van der Waals surface area contributed by atoms with Crippen molar-refractivity contribution in [1.82, 2.24) is 0 Å². The van der Waals surface area contributed by atoms with Crippen LogP contribution in [-0.2, 0) is 0 Å². The van der Waals surface area contributed by atoms with E-state index in [1.54, 1.807) is 6.92 Å². The lowest BCUT2D eigenvalue weighted by Gasteiger charge is -2.00. The first-order chi connectivity index (χ1) is 6.13. The van der Waals surface area contributed by atoms with Gasteiger partial charge in [-0.25, -0.2) is 0 Å². The Hall–Kier alpha value is -1.64. The first-order valence-corrected chi connectivity index (χ1v) is 4.00. The van der Waals surface area contributed by atoms with Crippen molar-refractivity contribution in [3.63, 3.8) is 0 Å². The van der Waals surface area contributed by atoms with Crippen molar-refractivity contribution in [1.29, 1.82) is 0 Å². The summed E-state index contributed by atoms with van der Waals surface area (Å²) >= 11 is 0. The lowest BCUT2D eigenvalue weighted by Crippen LogP contribution is -1.96. The van der Waals surface area contributed by atoms with Gasteiger partial charge in [0, 0.05) is 12.5 Å². The summed E-state index contributed by atoms with van der Waals surface area (Å²) in [5.41, 5.74) is 1.81. The molecule has 0 fully saturated rings.